The first-order chi connectivity index (χ1) is 35.3. The van der Waals surface area contributed by atoms with Gasteiger partial charge in [0.05, 0.1) is 82.5 Å². The van der Waals surface area contributed by atoms with Gasteiger partial charge in [-0.05, 0) is 41.3 Å². The molecule has 2 amide bonds. The number of nitrogens with one attached hydrogen (secondary N) is 2. The molecule has 8 heterocycles. The average Bonchev–Trinajstić information content (AvgIpc) is 3.98. The van der Waals surface area contributed by atoms with Crippen LogP contribution in [0.3, 0.4) is 0 Å². The van der Waals surface area contributed by atoms with Crippen molar-refractivity contribution in [2.24, 2.45) is 0 Å². The molecule has 0 saturated carbocycles. The molecular weight excluding hydrogens is 925 g/mol. The van der Waals surface area contributed by atoms with E-state index in [4.69, 9.17) is 44.9 Å². The summed E-state index contributed by atoms with van der Waals surface area (Å²) in [4.78, 5) is 63.3. The second kappa shape index (κ2) is 22.8. The Hall–Kier alpha value is -7.44. The fourth-order valence-corrected chi connectivity index (χ4v) is 9.03. The minimum atomic E-state index is -0.258. The van der Waals surface area contributed by atoms with Crippen LogP contribution in [-0.4, -0.2) is 160 Å². The number of fused-ring (bicyclic) bond motifs is 4. The third-order valence-corrected chi connectivity index (χ3v) is 12.9. The summed E-state index contributed by atoms with van der Waals surface area (Å²) < 4.78 is 29.8. The molecule has 0 bridgehead atoms. The molecule has 1 saturated heterocycles. The maximum Gasteiger partial charge on any atom is 0.292 e. The highest BCUT2D eigenvalue weighted by atomic mass is 16.6. The Morgan fingerprint density at radius 3 is 2.26 bits per heavy atom. The molecule has 3 aliphatic rings. The van der Waals surface area contributed by atoms with Gasteiger partial charge in [-0.15, -0.1) is 0 Å². The van der Waals surface area contributed by atoms with Crippen LogP contribution in [0.4, 0.5) is 23.7 Å². The predicted octanol–water partition coefficient (Wildman–Crippen LogP) is 2.17. The monoisotopic (exact) mass is 982 g/mol. The zero-order valence-electron chi connectivity index (χ0n) is 40.0. The fourth-order valence-electron chi connectivity index (χ4n) is 9.03. The lowest BCUT2D eigenvalue weighted by atomic mass is 9.97. The number of hydrogen-bond acceptors (Lipinski definition) is 20. The number of piperazine rings is 1. The number of nitrogen functional groups attached to an aromatic ring is 2. The van der Waals surface area contributed by atoms with Gasteiger partial charge in [-0.25, -0.2) is 34.6 Å². The molecule has 23 heteroatoms. The zero-order valence-corrected chi connectivity index (χ0v) is 40.0. The largest absolute Gasteiger partial charge is 0.424 e. The first kappa shape index (κ1) is 48.2. The van der Waals surface area contributed by atoms with Gasteiger partial charge in [0.2, 0.25) is 17.8 Å². The van der Waals surface area contributed by atoms with Crippen molar-refractivity contribution in [1.82, 2.24) is 60.2 Å². The second-order valence-corrected chi connectivity index (χ2v) is 17.6. The van der Waals surface area contributed by atoms with Gasteiger partial charge in [0, 0.05) is 95.0 Å². The summed E-state index contributed by atoms with van der Waals surface area (Å²) in [6.07, 6.45) is 8.44. The molecule has 6 N–H and O–H groups in total. The van der Waals surface area contributed by atoms with Crippen LogP contribution in [0, 0.1) is 0 Å². The van der Waals surface area contributed by atoms with Crippen molar-refractivity contribution in [3.63, 3.8) is 0 Å². The van der Waals surface area contributed by atoms with Crippen LogP contribution >= 0.6 is 0 Å². The van der Waals surface area contributed by atoms with Crippen molar-refractivity contribution in [2.75, 3.05) is 120 Å². The van der Waals surface area contributed by atoms with Crippen LogP contribution in [0.1, 0.15) is 44.7 Å². The van der Waals surface area contributed by atoms with Crippen LogP contribution in [-0.2, 0) is 56.2 Å². The SMILES string of the molecule is Nc1nc2cc(-c3nn(Cc4ccc5c(c4)CCN(C(=O)CCOCCOCCOCCOCCNC(=O)c4cnc(N6CCN(c7ncc8c(n7)CCNC8)CC6)nc4)C5)c4ncnc(N)c34)ccc2o1. The topological polar surface area (TPSA) is 278 Å². The normalized spacial score (nSPS) is 14.8. The van der Waals surface area contributed by atoms with Gasteiger partial charge in [0.25, 0.3) is 11.9 Å². The number of anilines is 4. The predicted molar refractivity (Wildman–Crippen MR) is 266 cm³/mol. The molecular formula is C49H58N16O7. The molecule has 3 aliphatic heterocycles. The van der Waals surface area contributed by atoms with Crippen molar-refractivity contribution >= 4 is 57.7 Å². The van der Waals surface area contributed by atoms with E-state index in [1.807, 2.05) is 27.9 Å². The number of rotatable bonds is 21. The van der Waals surface area contributed by atoms with E-state index < -0.39 is 0 Å². The molecule has 1 fully saturated rings. The van der Waals surface area contributed by atoms with Crippen molar-refractivity contribution in [1.29, 1.82) is 0 Å². The van der Waals surface area contributed by atoms with Gasteiger partial charge >= 0.3 is 0 Å². The Bertz CT molecular complexity index is 3000. The molecule has 0 unspecified atom stereocenters. The van der Waals surface area contributed by atoms with Gasteiger partial charge in [-0.1, -0.05) is 18.2 Å². The lowest BCUT2D eigenvalue weighted by Crippen LogP contribution is -2.48. The number of amides is 2. The number of benzene rings is 2. The smallest absolute Gasteiger partial charge is 0.292 e. The van der Waals surface area contributed by atoms with E-state index in [2.05, 4.69) is 68.5 Å². The highest BCUT2D eigenvalue weighted by molar-refractivity contribution is 5.99. The van der Waals surface area contributed by atoms with E-state index in [0.29, 0.717) is 131 Å². The van der Waals surface area contributed by atoms with Crippen LogP contribution in [0.25, 0.3) is 33.4 Å². The number of aromatic nitrogens is 9. The quantitative estimate of drug-likeness (QED) is 0.0751. The number of nitrogens with two attached hydrogens (primary N) is 2. The Balaban J connectivity index is 0.552. The first-order valence-corrected chi connectivity index (χ1v) is 24.3. The molecule has 23 nitrogen and oxygen atoms in total. The van der Waals surface area contributed by atoms with Gasteiger partial charge in [0.15, 0.2) is 11.2 Å². The van der Waals surface area contributed by atoms with Gasteiger partial charge < -0.3 is 60.2 Å². The van der Waals surface area contributed by atoms with Crippen LogP contribution < -0.4 is 31.9 Å². The van der Waals surface area contributed by atoms with E-state index in [9.17, 15) is 9.59 Å². The summed E-state index contributed by atoms with van der Waals surface area (Å²) in [5, 5.41) is 11.8. The van der Waals surface area contributed by atoms with E-state index in [1.54, 1.807) is 18.5 Å². The molecule has 0 spiro atoms. The number of carbonyl (C=O) groups is 2. The Labute approximate surface area is 414 Å². The minimum absolute atomic E-state index is 0.0554. The maximum atomic E-state index is 13.1. The molecule has 10 rings (SSSR count). The van der Waals surface area contributed by atoms with E-state index in [0.717, 1.165) is 80.4 Å². The number of carbonyl (C=O) groups excluding carboxylic acids is 2. The Kier molecular flexibility index (Phi) is 15.2. The second-order valence-electron chi connectivity index (χ2n) is 17.6. The summed E-state index contributed by atoms with van der Waals surface area (Å²) >= 11 is 0. The summed E-state index contributed by atoms with van der Waals surface area (Å²) in [5.41, 5.74) is 21.5. The first-order valence-electron chi connectivity index (χ1n) is 24.3. The summed E-state index contributed by atoms with van der Waals surface area (Å²) in [6, 6.07) is 12.0. The molecule has 0 atom stereocenters. The van der Waals surface area contributed by atoms with Gasteiger partial charge in [-0.3, -0.25) is 9.59 Å². The zero-order chi connectivity index (χ0) is 49.2. The number of ether oxygens (including phenoxy) is 4. The number of nitrogens with zero attached hydrogens (tertiary/aromatic N) is 12. The van der Waals surface area contributed by atoms with Crippen LogP contribution in [0.5, 0.6) is 0 Å². The third-order valence-electron chi connectivity index (χ3n) is 12.9. The van der Waals surface area contributed by atoms with Crippen LogP contribution in [0.2, 0.25) is 0 Å². The van der Waals surface area contributed by atoms with Gasteiger partial charge in [0.1, 0.15) is 23.4 Å². The Morgan fingerprint density at radius 1 is 0.736 bits per heavy atom. The van der Waals surface area contributed by atoms with E-state index in [1.165, 1.54) is 17.5 Å². The molecule has 5 aromatic heterocycles. The number of hydrogen-bond donors (Lipinski definition) is 4. The van der Waals surface area contributed by atoms with Crippen molar-refractivity contribution < 1.29 is 33.0 Å². The van der Waals surface area contributed by atoms with Crippen molar-refractivity contribution in [2.45, 2.75) is 38.9 Å². The number of oxazole rings is 1. The summed E-state index contributed by atoms with van der Waals surface area (Å²) in [5.74, 6) is 1.50. The molecule has 0 radical (unpaired) electrons. The fraction of sp³-hybridized carbons (Fsp3) is 0.429. The molecule has 7 aromatic rings. The van der Waals surface area contributed by atoms with Crippen LogP contribution in [0.15, 0.2) is 65.7 Å². The van der Waals surface area contributed by atoms with E-state index >= 15 is 0 Å². The molecule has 0 aliphatic carbocycles. The van der Waals surface area contributed by atoms with E-state index in [-0.39, 0.29) is 17.8 Å². The summed E-state index contributed by atoms with van der Waals surface area (Å²) in [6.45, 7) is 9.78. The van der Waals surface area contributed by atoms with Crippen molar-refractivity contribution in [3.8, 4) is 11.3 Å². The lowest BCUT2D eigenvalue weighted by molar-refractivity contribution is -0.133. The third kappa shape index (κ3) is 11.5. The van der Waals surface area contributed by atoms with Crippen molar-refractivity contribution in [3.05, 3.63) is 94.8 Å². The minimum Gasteiger partial charge on any atom is -0.424 e. The Morgan fingerprint density at radius 2 is 1.47 bits per heavy atom. The van der Waals surface area contributed by atoms with Gasteiger partial charge in [-0.2, -0.15) is 10.1 Å². The average molecular weight is 983 g/mol. The maximum absolute atomic E-state index is 13.1. The molecule has 376 valence electrons. The summed E-state index contributed by atoms with van der Waals surface area (Å²) in [7, 11) is 0. The standard InChI is InChI=1S/C49H58N16O7/c50-44-42-43(34-3-4-40-39(24-34)59-47(51)72-40)61-65(45(42)58-31-57-44)29-32-1-2-35-30-64(10-6-33(35)23-32)41(66)7-15-68-17-19-70-21-22-71-20-18-69-16-9-53-46(67)37-27-54-48(55-28-37)62-11-13-63(14-12-62)49-56-26-36-25-52-8-5-38(36)60-49/h1-4,23-24,26-28,31,52H,5-22,25,29-30H2,(H2,51,59)(H,53,67)(H2,50,57,58). The molecule has 2 aromatic carbocycles. The lowest BCUT2D eigenvalue weighted by Gasteiger charge is -2.35. The highest BCUT2D eigenvalue weighted by Gasteiger charge is 2.25. The highest BCUT2D eigenvalue weighted by Crippen LogP contribution is 2.33. The molecule has 72 heavy (non-hydrogen) atoms.